The lowest BCUT2D eigenvalue weighted by molar-refractivity contribution is -0.121. The van der Waals surface area contributed by atoms with Crippen LogP contribution in [0.4, 0.5) is 0 Å². The van der Waals surface area contributed by atoms with Gasteiger partial charge in [0.25, 0.3) is 0 Å². The van der Waals surface area contributed by atoms with Crippen molar-refractivity contribution in [1.82, 2.24) is 5.32 Å². The van der Waals surface area contributed by atoms with Crippen LogP contribution in [0.1, 0.15) is 32.6 Å². The molecule has 0 aliphatic heterocycles. The molecule has 0 aromatic heterocycles. The third kappa shape index (κ3) is 3.60. The summed E-state index contributed by atoms with van der Waals surface area (Å²) in [4.78, 5) is 13.5. The van der Waals surface area contributed by atoms with Gasteiger partial charge in [0.15, 0.2) is 11.5 Å². The van der Waals surface area contributed by atoms with Gasteiger partial charge in [-0.2, -0.15) is 0 Å². The van der Waals surface area contributed by atoms with Gasteiger partial charge in [-0.1, -0.05) is 6.42 Å². The van der Waals surface area contributed by atoms with Gasteiger partial charge in [-0.05, 0) is 56.2 Å². The van der Waals surface area contributed by atoms with Gasteiger partial charge in [0, 0.05) is 10.9 Å². The van der Waals surface area contributed by atoms with E-state index in [1.54, 1.807) is 26.0 Å². The lowest BCUT2D eigenvalue weighted by Crippen LogP contribution is -2.42. The number of thioether (sulfide) groups is 1. The maximum atomic E-state index is 12.5. The van der Waals surface area contributed by atoms with E-state index in [0.717, 1.165) is 10.8 Å². The molecule has 0 radical (unpaired) electrons. The molecular weight excluding hydrogens is 310 g/mol. The van der Waals surface area contributed by atoms with Crippen LogP contribution in [0, 0.1) is 11.8 Å². The zero-order valence-corrected chi connectivity index (χ0v) is 14.8. The van der Waals surface area contributed by atoms with Crippen LogP contribution in [0.3, 0.4) is 0 Å². The Morgan fingerprint density at radius 3 is 2.61 bits per heavy atom. The highest BCUT2D eigenvalue weighted by Gasteiger charge is 2.40. The molecule has 1 amide bonds. The molecular formula is C18H25NO3S. The molecule has 23 heavy (non-hydrogen) atoms. The highest BCUT2D eigenvalue weighted by Crippen LogP contribution is 2.44. The summed E-state index contributed by atoms with van der Waals surface area (Å²) in [5, 5.41) is 3.15. The van der Waals surface area contributed by atoms with Gasteiger partial charge in [-0.25, -0.2) is 0 Å². The molecule has 126 valence electrons. The molecule has 4 atom stereocenters. The molecule has 0 spiro atoms. The summed E-state index contributed by atoms with van der Waals surface area (Å²) >= 11 is 1.56. The van der Waals surface area contributed by atoms with E-state index in [9.17, 15) is 4.79 Å². The van der Waals surface area contributed by atoms with Gasteiger partial charge in [0.05, 0.1) is 19.5 Å². The lowest BCUT2D eigenvalue weighted by atomic mass is 9.95. The van der Waals surface area contributed by atoms with E-state index in [0.29, 0.717) is 23.5 Å². The van der Waals surface area contributed by atoms with Crippen LogP contribution < -0.4 is 14.8 Å². The Bertz CT molecular complexity index is 577. The van der Waals surface area contributed by atoms with Crippen LogP contribution in [0.5, 0.6) is 11.5 Å². The van der Waals surface area contributed by atoms with Gasteiger partial charge in [-0.15, -0.1) is 11.8 Å². The number of fused-ring (bicyclic) bond motifs is 2. The standard InChI is InChI=1S/C18H25NO3S/c1-11(18(20)19-15-9-12-4-5-13(15)8-12)23-14-6-7-16(21-2)17(10-14)22-3/h6-7,10-13,15H,4-5,8-9H2,1-3H3,(H,19,20)/t11-,12-,13-,15-/m0/s1. The van der Waals surface area contributed by atoms with E-state index < -0.39 is 0 Å². The summed E-state index contributed by atoms with van der Waals surface area (Å²) in [5.41, 5.74) is 0. The maximum Gasteiger partial charge on any atom is 0.233 e. The summed E-state index contributed by atoms with van der Waals surface area (Å²) in [6.45, 7) is 1.96. The van der Waals surface area contributed by atoms with E-state index in [-0.39, 0.29) is 11.2 Å². The number of methoxy groups -OCH3 is 2. The SMILES string of the molecule is COc1ccc(S[C@@H](C)C(=O)N[C@H]2C[C@H]3CC[C@H]2C3)cc1OC. The van der Waals surface area contributed by atoms with Crippen molar-refractivity contribution in [2.45, 2.75) is 48.8 Å². The summed E-state index contributed by atoms with van der Waals surface area (Å²) in [6, 6.07) is 6.16. The van der Waals surface area contributed by atoms with Gasteiger partial charge in [0.1, 0.15) is 0 Å². The zero-order valence-electron chi connectivity index (χ0n) is 14.0. The number of benzene rings is 1. The molecule has 5 heteroatoms. The average Bonchev–Trinajstić information content (AvgIpc) is 3.17. The first kappa shape index (κ1) is 16.5. The predicted octanol–water partition coefficient (Wildman–Crippen LogP) is 3.49. The molecule has 2 aliphatic rings. The van der Waals surface area contributed by atoms with Gasteiger partial charge < -0.3 is 14.8 Å². The second kappa shape index (κ2) is 7.04. The van der Waals surface area contributed by atoms with Gasteiger partial charge in [-0.3, -0.25) is 4.79 Å². The number of carbonyl (C=O) groups excluding carboxylic acids is 1. The fourth-order valence-electron chi connectivity index (χ4n) is 3.87. The summed E-state index contributed by atoms with van der Waals surface area (Å²) in [7, 11) is 3.24. The molecule has 0 unspecified atom stereocenters. The predicted molar refractivity (Wildman–Crippen MR) is 92.2 cm³/mol. The van der Waals surface area contributed by atoms with E-state index in [4.69, 9.17) is 9.47 Å². The summed E-state index contributed by atoms with van der Waals surface area (Å²) in [6.07, 6.45) is 5.12. The Balaban J connectivity index is 1.58. The van der Waals surface area contributed by atoms with Crippen LogP contribution in [-0.4, -0.2) is 31.4 Å². The minimum Gasteiger partial charge on any atom is -0.493 e. The van der Waals surface area contributed by atoms with E-state index in [1.165, 1.54) is 25.7 Å². The second-order valence-electron chi connectivity index (χ2n) is 6.57. The smallest absolute Gasteiger partial charge is 0.233 e. The van der Waals surface area contributed by atoms with Crippen molar-refractivity contribution in [3.8, 4) is 11.5 Å². The first-order valence-corrected chi connectivity index (χ1v) is 9.17. The molecule has 0 heterocycles. The second-order valence-corrected chi connectivity index (χ2v) is 7.98. The van der Waals surface area contributed by atoms with E-state index in [1.807, 2.05) is 25.1 Å². The van der Waals surface area contributed by atoms with Crippen LogP contribution in [0.2, 0.25) is 0 Å². The molecule has 2 saturated carbocycles. The summed E-state index contributed by atoms with van der Waals surface area (Å²) in [5.74, 6) is 3.10. The van der Waals surface area contributed by atoms with Crippen molar-refractivity contribution in [2.24, 2.45) is 11.8 Å². The molecule has 2 aliphatic carbocycles. The van der Waals surface area contributed by atoms with E-state index >= 15 is 0 Å². The van der Waals surface area contributed by atoms with Crippen molar-refractivity contribution >= 4 is 17.7 Å². The summed E-state index contributed by atoms with van der Waals surface area (Å²) < 4.78 is 10.6. The Labute approximate surface area is 142 Å². The number of nitrogens with one attached hydrogen (secondary N) is 1. The molecule has 2 fully saturated rings. The quantitative estimate of drug-likeness (QED) is 0.809. The number of carbonyl (C=O) groups is 1. The number of hydrogen-bond acceptors (Lipinski definition) is 4. The molecule has 4 nitrogen and oxygen atoms in total. The third-order valence-electron chi connectivity index (χ3n) is 5.10. The molecule has 0 saturated heterocycles. The van der Waals surface area contributed by atoms with Crippen LogP contribution >= 0.6 is 11.8 Å². The Hall–Kier alpha value is -1.36. The third-order valence-corrected chi connectivity index (χ3v) is 6.20. The molecule has 1 aromatic rings. The fourth-order valence-corrected chi connectivity index (χ4v) is 4.77. The Morgan fingerprint density at radius 2 is 2.00 bits per heavy atom. The number of ether oxygens (including phenoxy) is 2. The number of rotatable bonds is 6. The van der Waals surface area contributed by atoms with Crippen molar-refractivity contribution in [3.05, 3.63) is 18.2 Å². The topological polar surface area (TPSA) is 47.6 Å². The highest BCUT2D eigenvalue weighted by molar-refractivity contribution is 8.00. The number of hydrogen-bond donors (Lipinski definition) is 1. The van der Waals surface area contributed by atoms with Crippen LogP contribution in [0.15, 0.2) is 23.1 Å². The average molecular weight is 335 g/mol. The van der Waals surface area contributed by atoms with Gasteiger partial charge >= 0.3 is 0 Å². The molecule has 2 bridgehead atoms. The minimum absolute atomic E-state index is 0.118. The van der Waals surface area contributed by atoms with E-state index in [2.05, 4.69) is 5.32 Å². The molecule has 3 rings (SSSR count). The maximum absolute atomic E-state index is 12.5. The van der Waals surface area contributed by atoms with Crippen molar-refractivity contribution in [3.63, 3.8) is 0 Å². The minimum atomic E-state index is -0.118. The van der Waals surface area contributed by atoms with Gasteiger partial charge in [0.2, 0.25) is 5.91 Å². The largest absolute Gasteiger partial charge is 0.493 e. The molecule has 1 N–H and O–H groups in total. The Morgan fingerprint density at radius 1 is 1.22 bits per heavy atom. The normalized spacial score (nSPS) is 26.8. The van der Waals surface area contributed by atoms with Crippen molar-refractivity contribution in [1.29, 1.82) is 0 Å². The number of amides is 1. The zero-order chi connectivity index (χ0) is 16.4. The first-order chi connectivity index (χ1) is 11.1. The first-order valence-electron chi connectivity index (χ1n) is 8.29. The highest BCUT2D eigenvalue weighted by atomic mass is 32.2. The lowest BCUT2D eigenvalue weighted by Gasteiger charge is -2.24. The monoisotopic (exact) mass is 335 g/mol. The van der Waals surface area contributed by atoms with Crippen molar-refractivity contribution < 1.29 is 14.3 Å². The molecule has 1 aromatic carbocycles. The Kier molecular flexibility index (Phi) is 5.05. The van der Waals surface area contributed by atoms with Crippen molar-refractivity contribution in [2.75, 3.05) is 14.2 Å². The fraction of sp³-hybridized carbons (Fsp3) is 0.611. The van der Waals surface area contributed by atoms with Crippen LogP contribution in [-0.2, 0) is 4.79 Å². The van der Waals surface area contributed by atoms with Crippen LogP contribution in [0.25, 0.3) is 0 Å².